The number of urea groups is 1. The number of rotatable bonds is 6. The predicted molar refractivity (Wildman–Crippen MR) is 125 cm³/mol. The third kappa shape index (κ3) is 4.35. The molecule has 2 N–H and O–H groups in total. The summed E-state index contributed by atoms with van der Waals surface area (Å²) in [5.74, 6) is 2.67. The minimum absolute atomic E-state index is 0.151. The van der Waals surface area contributed by atoms with E-state index in [-0.39, 0.29) is 6.03 Å². The first-order chi connectivity index (χ1) is 15.6. The molecule has 32 heavy (non-hydrogen) atoms. The molecule has 3 aliphatic heterocycles. The number of piperidine rings is 3. The van der Waals surface area contributed by atoms with Gasteiger partial charge < -0.3 is 15.4 Å². The van der Waals surface area contributed by atoms with Gasteiger partial charge in [-0.2, -0.15) is 5.10 Å². The van der Waals surface area contributed by atoms with Crippen molar-refractivity contribution >= 4 is 11.7 Å². The molecule has 1 aromatic heterocycles. The smallest absolute Gasteiger partial charge is 0.319 e. The van der Waals surface area contributed by atoms with E-state index in [1.165, 1.54) is 43.5 Å². The third-order valence-corrected chi connectivity index (χ3v) is 7.81. The van der Waals surface area contributed by atoms with Crippen LogP contribution in [0.1, 0.15) is 61.7 Å². The Bertz CT molecular complexity index is 934. The van der Waals surface area contributed by atoms with Crippen LogP contribution in [0.2, 0.25) is 0 Å². The van der Waals surface area contributed by atoms with Crippen molar-refractivity contribution < 1.29 is 9.53 Å². The van der Waals surface area contributed by atoms with Crippen LogP contribution < -0.4 is 15.4 Å². The van der Waals surface area contributed by atoms with E-state index in [0.717, 1.165) is 30.9 Å². The number of hydrogen-bond donors (Lipinski definition) is 2. The van der Waals surface area contributed by atoms with Gasteiger partial charge in [-0.25, -0.2) is 4.79 Å². The van der Waals surface area contributed by atoms with Crippen molar-refractivity contribution in [1.82, 2.24) is 20.0 Å². The molecule has 1 unspecified atom stereocenters. The lowest BCUT2D eigenvalue weighted by atomic mass is 9.74. The van der Waals surface area contributed by atoms with Crippen molar-refractivity contribution in [3.05, 3.63) is 41.7 Å². The Kier molecular flexibility index (Phi) is 6.09. The summed E-state index contributed by atoms with van der Waals surface area (Å²) >= 11 is 0. The largest absolute Gasteiger partial charge is 0.497 e. The van der Waals surface area contributed by atoms with E-state index in [0.29, 0.717) is 30.3 Å². The molecule has 4 heterocycles. The number of anilines is 1. The fourth-order valence-electron chi connectivity index (χ4n) is 6.02. The minimum atomic E-state index is -0.151. The summed E-state index contributed by atoms with van der Waals surface area (Å²) in [4.78, 5) is 15.0. The molecule has 2 aromatic rings. The number of ether oxygens (including phenoxy) is 1. The number of benzene rings is 1. The summed E-state index contributed by atoms with van der Waals surface area (Å²) in [6.45, 7) is 2.88. The zero-order chi connectivity index (χ0) is 22.1. The topological polar surface area (TPSA) is 71.4 Å². The average molecular weight is 438 g/mol. The monoisotopic (exact) mass is 437 g/mol. The van der Waals surface area contributed by atoms with Crippen LogP contribution in [0.25, 0.3) is 0 Å². The molecule has 4 aliphatic rings. The molecule has 1 aliphatic carbocycles. The number of nitrogens with zero attached hydrogens (tertiary/aromatic N) is 3. The molecule has 2 amide bonds. The summed E-state index contributed by atoms with van der Waals surface area (Å²) in [6.07, 6.45) is 7.65. The summed E-state index contributed by atoms with van der Waals surface area (Å²) in [7, 11) is 3.75. The summed E-state index contributed by atoms with van der Waals surface area (Å²) in [5, 5.41) is 10.9. The molecular weight excluding hydrogens is 402 g/mol. The maximum atomic E-state index is 12.4. The molecule has 3 saturated heterocycles. The SMILES string of the molecule is COc1ccc(NC(=O)NC[C@H]2C[C@@H]3CCN2C[C@@H]3c2cc(C3CCCC3)nn2C)cc1. The van der Waals surface area contributed by atoms with Crippen molar-refractivity contribution in [2.75, 3.05) is 32.1 Å². The van der Waals surface area contributed by atoms with Gasteiger partial charge in [0.05, 0.1) is 12.8 Å². The number of hydrogen-bond acceptors (Lipinski definition) is 4. The number of fused-ring (bicyclic) bond motifs is 3. The van der Waals surface area contributed by atoms with Gasteiger partial charge in [-0.05, 0) is 68.5 Å². The van der Waals surface area contributed by atoms with Crippen molar-refractivity contribution in [1.29, 1.82) is 0 Å². The lowest BCUT2D eigenvalue weighted by molar-refractivity contribution is 0.0296. The van der Waals surface area contributed by atoms with Crippen LogP contribution in [0.15, 0.2) is 30.3 Å². The van der Waals surface area contributed by atoms with Gasteiger partial charge in [-0.1, -0.05) is 12.8 Å². The number of carbonyl (C=O) groups excluding carboxylic acids is 1. The van der Waals surface area contributed by atoms with Crippen molar-refractivity contribution in [2.45, 2.75) is 56.4 Å². The van der Waals surface area contributed by atoms with E-state index in [1.54, 1.807) is 7.11 Å². The molecule has 1 aromatic carbocycles. The third-order valence-electron chi connectivity index (χ3n) is 7.81. The Morgan fingerprint density at radius 3 is 2.66 bits per heavy atom. The second kappa shape index (κ2) is 9.14. The molecule has 172 valence electrons. The highest BCUT2D eigenvalue weighted by atomic mass is 16.5. The van der Waals surface area contributed by atoms with Crippen LogP contribution in [-0.4, -0.2) is 53.5 Å². The highest BCUT2D eigenvalue weighted by Crippen LogP contribution is 2.43. The van der Waals surface area contributed by atoms with E-state index in [9.17, 15) is 4.79 Å². The van der Waals surface area contributed by atoms with Crippen molar-refractivity contribution in [3.8, 4) is 5.75 Å². The summed E-state index contributed by atoms with van der Waals surface area (Å²) < 4.78 is 7.31. The zero-order valence-electron chi connectivity index (χ0n) is 19.2. The molecule has 6 rings (SSSR count). The van der Waals surface area contributed by atoms with Crippen LogP contribution >= 0.6 is 0 Å². The standard InChI is InChI=1S/C25H35N5O2/c1-29-24(14-23(28-29)17-5-3-4-6-17)22-16-30-12-11-18(22)13-20(30)15-26-25(31)27-19-7-9-21(32-2)10-8-19/h7-10,14,17-18,20,22H,3-6,11-13,15-16H2,1-2H3,(H2,26,27,31)/t18-,20+,22-/m0/s1. The second-order valence-electron chi connectivity index (χ2n) is 9.70. The van der Waals surface area contributed by atoms with E-state index < -0.39 is 0 Å². The van der Waals surface area contributed by atoms with Crippen LogP contribution in [-0.2, 0) is 7.05 Å². The van der Waals surface area contributed by atoms with Gasteiger partial charge >= 0.3 is 6.03 Å². The zero-order valence-corrected chi connectivity index (χ0v) is 19.2. The number of carbonyl (C=O) groups is 1. The van der Waals surface area contributed by atoms with Crippen LogP contribution in [0.5, 0.6) is 5.75 Å². The van der Waals surface area contributed by atoms with Gasteiger partial charge in [0.2, 0.25) is 0 Å². The van der Waals surface area contributed by atoms with Crippen LogP contribution in [0, 0.1) is 5.92 Å². The Morgan fingerprint density at radius 2 is 1.97 bits per heavy atom. The molecule has 1 saturated carbocycles. The first kappa shape index (κ1) is 21.3. The quantitative estimate of drug-likeness (QED) is 0.714. The molecule has 7 heteroatoms. The van der Waals surface area contributed by atoms with Gasteiger partial charge in [0, 0.05) is 49.4 Å². The van der Waals surface area contributed by atoms with Crippen molar-refractivity contribution in [2.24, 2.45) is 13.0 Å². The fourth-order valence-corrected chi connectivity index (χ4v) is 6.02. The van der Waals surface area contributed by atoms with Gasteiger partial charge in [0.15, 0.2) is 0 Å². The molecule has 2 bridgehead atoms. The van der Waals surface area contributed by atoms with E-state index in [1.807, 2.05) is 24.3 Å². The van der Waals surface area contributed by atoms with Crippen LogP contribution in [0.3, 0.4) is 0 Å². The number of amides is 2. The van der Waals surface area contributed by atoms with Gasteiger partial charge in [-0.3, -0.25) is 9.58 Å². The average Bonchev–Trinajstić information content (AvgIpc) is 3.48. The van der Waals surface area contributed by atoms with Gasteiger partial charge in [0.25, 0.3) is 0 Å². The first-order valence-electron chi connectivity index (χ1n) is 12.1. The number of aryl methyl sites for hydroxylation is 1. The molecular formula is C25H35N5O2. The van der Waals surface area contributed by atoms with E-state index >= 15 is 0 Å². The Labute approximate surface area is 190 Å². The van der Waals surface area contributed by atoms with E-state index in [4.69, 9.17) is 9.84 Å². The van der Waals surface area contributed by atoms with Crippen molar-refractivity contribution in [3.63, 3.8) is 0 Å². The first-order valence-corrected chi connectivity index (χ1v) is 12.1. The fraction of sp³-hybridized carbons (Fsp3) is 0.600. The highest BCUT2D eigenvalue weighted by Gasteiger charge is 2.42. The Morgan fingerprint density at radius 1 is 1.19 bits per heavy atom. The van der Waals surface area contributed by atoms with Crippen LogP contribution in [0.4, 0.5) is 10.5 Å². The molecule has 7 nitrogen and oxygen atoms in total. The van der Waals surface area contributed by atoms with Gasteiger partial charge in [0.1, 0.15) is 5.75 Å². The summed E-state index contributed by atoms with van der Waals surface area (Å²) in [5.41, 5.74) is 3.48. The number of methoxy groups -OCH3 is 1. The Balaban J connectivity index is 1.16. The highest BCUT2D eigenvalue weighted by molar-refractivity contribution is 5.89. The minimum Gasteiger partial charge on any atom is -0.497 e. The maximum absolute atomic E-state index is 12.4. The molecule has 4 fully saturated rings. The molecule has 0 radical (unpaired) electrons. The number of aromatic nitrogens is 2. The molecule has 4 atom stereocenters. The lowest BCUT2D eigenvalue weighted by Crippen LogP contribution is -2.56. The predicted octanol–water partition coefficient (Wildman–Crippen LogP) is 4.09. The molecule has 0 spiro atoms. The normalized spacial score (nSPS) is 27.4. The second-order valence-corrected chi connectivity index (χ2v) is 9.70. The lowest BCUT2D eigenvalue weighted by Gasteiger charge is -2.49. The Hall–Kier alpha value is -2.54. The number of nitrogens with one attached hydrogen (secondary N) is 2. The summed E-state index contributed by atoms with van der Waals surface area (Å²) in [6, 6.07) is 10.1. The van der Waals surface area contributed by atoms with E-state index in [2.05, 4.69) is 33.3 Å². The van der Waals surface area contributed by atoms with Gasteiger partial charge in [-0.15, -0.1) is 0 Å². The maximum Gasteiger partial charge on any atom is 0.319 e.